The smallest absolute Gasteiger partial charge is 0.124 e. The lowest BCUT2D eigenvalue weighted by Gasteiger charge is -2.16. The molecule has 0 amide bonds. The van der Waals surface area contributed by atoms with Crippen LogP contribution in [-0.2, 0) is 11.3 Å². The van der Waals surface area contributed by atoms with Crippen LogP contribution >= 0.6 is 0 Å². The predicted molar refractivity (Wildman–Crippen MR) is 78.2 cm³/mol. The molecule has 3 nitrogen and oxygen atoms in total. The van der Waals surface area contributed by atoms with Gasteiger partial charge in [0, 0.05) is 25.1 Å². The molecular weight excluding hydrogens is 238 g/mol. The Morgan fingerprint density at radius 2 is 2.16 bits per heavy atom. The monoisotopic (exact) mass is 261 g/mol. The minimum absolute atomic E-state index is 0.291. The van der Waals surface area contributed by atoms with Crippen LogP contribution in [0.15, 0.2) is 18.2 Å². The average molecular weight is 261 g/mol. The van der Waals surface area contributed by atoms with E-state index in [2.05, 4.69) is 30.3 Å². The van der Waals surface area contributed by atoms with Gasteiger partial charge in [-0.05, 0) is 37.6 Å². The molecule has 1 atom stereocenters. The van der Waals surface area contributed by atoms with E-state index in [1.807, 2.05) is 6.07 Å². The second kappa shape index (κ2) is 8.58. The second-order valence-corrected chi connectivity index (χ2v) is 4.49. The lowest BCUT2D eigenvalue weighted by atomic mass is 10.0. The van der Waals surface area contributed by atoms with Crippen molar-refractivity contribution in [2.45, 2.75) is 32.4 Å². The molecule has 0 saturated heterocycles. The molecule has 0 radical (unpaired) electrons. The van der Waals surface area contributed by atoms with Crippen molar-refractivity contribution < 1.29 is 9.47 Å². The Bertz CT molecular complexity index is 423. The molecule has 0 aliphatic rings. The van der Waals surface area contributed by atoms with Crippen LogP contribution in [0.2, 0.25) is 0 Å². The van der Waals surface area contributed by atoms with E-state index in [0.29, 0.717) is 12.6 Å². The molecule has 1 aromatic carbocycles. The van der Waals surface area contributed by atoms with Crippen molar-refractivity contribution in [2.75, 3.05) is 20.8 Å². The van der Waals surface area contributed by atoms with Crippen molar-refractivity contribution in [3.63, 3.8) is 0 Å². The normalized spacial score (nSPS) is 11.9. The number of ether oxygens (including phenoxy) is 2. The van der Waals surface area contributed by atoms with Crippen molar-refractivity contribution in [1.29, 1.82) is 0 Å². The molecule has 3 heteroatoms. The summed E-state index contributed by atoms with van der Waals surface area (Å²) in [6.45, 7) is 3.63. The maximum absolute atomic E-state index is 5.32. The highest BCUT2D eigenvalue weighted by Crippen LogP contribution is 2.24. The Balaban J connectivity index is 2.66. The first kappa shape index (κ1) is 15.6. The standard InChI is InChI=1S/C16H23NO2/c1-5-6-7-10-17-13(2)14-8-9-16(19-4)15(11-14)12-18-3/h1,8-9,11,13,17H,6-7,10,12H2,2-4H3. The zero-order valence-corrected chi connectivity index (χ0v) is 12.0. The van der Waals surface area contributed by atoms with Crippen LogP contribution in [0.25, 0.3) is 0 Å². The van der Waals surface area contributed by atoms with Crippen LogP contribution < -0.4 is 10.1 Å². The summed E-state index contributed by atoms with van der Waals surface area (Å²) in [4.78, 5) is 0. The van der Waals surface area contributed by atoms with E-state index in [0.717, 1.165) is 30.7 Å². The topological polar surface area (TPSA) is 30.5 Å². The molecule has 0 fully saturated rings. The van der Waals surface area contributed by atoms with E-state index in [-0.39, 0.29) is 0 Å². The first-order chi connectivity index (χ1) is 9.22. The van der Waals surface area contributed by atoms with E-state index in [4.69, 9.17) is 15.9 Å². The van der Waals surface area contributed by atoms with Crippen LogP contribution in [-0.4, -0.2) is 20.8 Å². The second-order valence-electron chi connectivity index (χ2n) is 4.49. The first-order valence-electron chi connectivity index (χ1n) is 6.55. The van der Waals surface area contributed by atoms with Gasteiger partial charge in [-0.2, -0.15) is 0 Å². The minimum atomic E-state index is 0.291. The van der Waals surface area contributed by atoms with Gasteiger partial charge < -0.3 is 14.8 Å². The van der Waals surface area contributed by atoms with Gasteiger partial charge in [0.05, 0.1) is 13.7 Å². The number of rotatable bonds is 8. The minimum Gasteiger partial charge on any atom is -0.496 e. The van der Waals surface area contributed by atoms with E-state index in [1.54, 1.807) is 14.2 Å². The Labute approximate surface area is 116 Å². The number of nitrogens with one attached hydrogen (secondary N) is 1. The van der Waals surface area contributed by atoms with Crippen molar-refractivity contribution in [2.24, 2.45) is 0 Å². The van der Waals surface area contributed by atoms with Crippen LogP contribution in [0.1, 0.15) is 36.9 Å². The van der Waals surface area contributed by atoms with Crippen molar-refractivity contribution in [1.82, 2.24) is 5.32 Å². The summed E-state index contributed by atoms with van der Waals surface area (Å²) < 4.78 is 10.5. The average Bonchev–Trinajstić information content (AvgIpc) is 2.43. The largest absolute Gasteiger partial charge is 0.496 e. The number of hydrogen-bond donors (Lipinski definition) is 1. The van der Waals surface area contributed by atoms with Gasteiger partial charge in [0.15, 0.2) is 0 Å². The highest BCUT2D eigenvalue weighted by atomic mass is 16.5. The molecule has 0 aliphatic heterocycles. The van der Waals surface area contributed by atoms with Crippen LogP contribution in [0.3, 0.4) is 0 Å². The molecule has 1 rings (SSSR count). The Morgan fingerprint density at radius 1 is 1.37 bits per heavy atom. The fourth-order valence-electron chi connectivity index (χ4n) is 1.96. The van der Waals surface area contributed by atoms with Crippen LogP contribution in [0, 0.1) is 12.3 Å². The van der Waals surface area contributed by atoms with Gasteiger partial charge in [-0.3, -0.25) is 0 Å². The summed E-state index contributed by atoms with van der Waals surface area (Å²) in [5, 5.41) is 3.46. The molecule has 0 spiro atoms. The molecule has 1 unspecified atom stereocenters. The third kappa shape index (κ3) is 4.94. The molecule has 0 aromatic heterocycles. The third-order valence-corrected chi connectivity index (χ3v) is 3.05. The molecule has 0 bridgehead atoms. The molecule has 0 saturated carbocycles. The number of hydrogen-bond acceptors (Lipinski definition) is 3. The highest BCUT2D eigenvalue weighted by Gasteiger charge is 2.09. The summed E-state index contributed by atoms with van der Waals surface area (Å²) in [6, 6.07) is 6.49. The fourth-order valence-corrected chi connectivity index (χ4v) is 1.96. The van der Waals surface area contributed by atoms with E-state index < -0.39 is 0 Å². The molecular formula is C16H23NO2. The van der Waals surface area contributed by atoms with E-state index in [9.17, 15) is 0 Å². The lowest BCUT2D eigenvalue weighted by Crippen LogP contribution is -2.20. The number of methoxy groups -OCH3 is 2. The quantitative estimate of drug-likeness (QED) is 0.576. The van der Waals surface area contributed by atoms with Crippen LogP contribution in [0.4, 0.5) is 0 Å². The Hall–Kier alpha value is -1.50. The van der Waals surface area contributed by atoms with Crippen molar-refractivity contribution in [3.05, 3.63) is 29.3 Å². The third-order valence-electron chi connectivity index (χ3n) is 3.05. The summed E-state index contributed by atoms with van der Waals surface area (Å²) in [6.07, 6.45) is 7.05. The molecule has 0 heterocycles. The van der Waals surface area contributed by atoms with E-state index in [1.165, 1.54) is 5.56 Å². The lowest BCUT2D eigenvalue weighted by molar-refractivity contribution is 0.181. The van der Waals surface area contributed by atoms with Gasteiger partial charge in [-0.25, -0.2) is 0 Å². The van der Waals surface area contributed by atoms with Gasteiger partial charge >= 0.3 is 0 Å². The maximum Gasteiger partial charge on any atom is 0.124 e. The highest BCUT2D eigenvalue weighted by molar-refractivity contribution is 5.38. The summed E-state index contributed by atoms with van der Waals surface area (Å²) in [5.74, 6) is 3.51. The summed E-state index contributed by atoms with van der Waals surface area (Å²) >= 11 is 0. The molecule has 0 aliphatic carbocycles. The van der Waals surface area contributed by atoms with Gasteiger partial charge in [-0.15, -0.1) is 12.3 Å². The van der Waals surface area contributed by atoms with Gasteiger partial charge in [0.25, 0.3) is 0 Å². The van der Waals surface area contributed by atoms with Gasteiger partial charge in [0.2, 0.25) is 0 Å². The van der Waals surface area contributed by atoms with Crippen molar-refractivity contribution in [3.8, 4) is 18.1 Å². The van der Waals surface area contributed by atoms with Crippen molar-refractivity contribution >= 4 is 0 Å². The summed E-state index contributed by atoms with van der Waals surface area (Å²) in [7, 11) is 3.36. The zero-order valence-electron chi connectivity index (χ0n) is 12.0. The molecule has 1 aromatic rings. The number of terminal acetylenes is 1. The molecule has 19 heavy (non-hydrogen) atoms. The maximum atomic E-state index is 5.32. The Morgan fingerprint density at radius 3 is 2.79 bits per heavy atom. The summed E-state index contributed by atoms with van der Waals surface area (Å²) in [5.41, 5.74) is 2.30. The van der Waals surface area contributed by atoms with Crippen LogP contribution in [0.5, 0.6) is 5.75 Å². The molecule has 104 valence electrons. The number of unbranched alkanes of at least 4 members (excludes halogenated alkanes) is 1. The molecule has 1 N–H and O–H groups in total. The number of benzene rings is 1. The predicted octanol–water partition coefficient (Wildman–Crippen LogP) is 2.91. The van der Waals surface area contributed by atoms with E-state index >= 15 is 0 Å². The first-order valence-corrected chi connectivity index (χ1v) is 6.55. The van der Waals surface area contributed by atoms with Gasteiger partial charge in [0.1, 0.15) is 5.75 Å². The SMILES string of the molecule is C#CCCCNC(C)c1ccc(OC)c(COC)c1. The zero-order chi connectivity index (χ0) is 14.1. The van der Waals surface area contributed by atoms with Gasteiger partial charge in [-0.1, -0.05) is 6.07 Å². The Kier molecular flexibility index (Phi) is 7.02. The fraction of sp³-hybridized carbons (Fsp3) is 0.500.